The molecule has 1 aromatic carbocycles. The fraction of sp³-hybridized carbons (Fsp3) is 0.167. The number of methoxy groups -OCH3 is 1. The highest BCUT2D eigenvalue weighted by molar-refractivity contribution is 6.25. The Balaban J connectivity index is 3.02. The van der Waals surface area contributed by atoms with Gasteiger partial charge in [-0.1, -0.05) is 30.3 Å². The fourth-order valence-corrected chi connectivity index (χ4v) is 1.16. The van der Waals surface area contributed by atoms with E-state index in [1.165, 1.54) is 20.3 Å². The molecule has 0 saturated heterocycles. The van der Waals surface area contributed by atoms with E-state index in [1.807, 2.05) is 6.07 Å². The molecule has 0 saturated carbocycles. The van der Waals surface area contributed by atoms with Crippen LogP contribution < -0.4 is 0 Å². The number of Topliss-reactive ketones (excluding diaryl/α,β-unsaturated/α-hetero) is 2. The second-order valence-electron chi connectivity index (χ2n) is 3.02. The average Bonchev–Trinajstić information content (AvgIpc) is 2.26. The minimum atomic E-state index is -0.315. The number of rotatable bonds is 4. The molecule has 0 spiro atoms. The van der Waals surface area contributed by atoms with Crippen LogP contribution in [-0.4, -0.2) is 18.7 Å². The van der Waals surface area contributed by atoms with Gasteiger partial charge in [0.25, 0.3) is 0 Å². The maximum Gasteiger partial charge on any atom is 0.199 e. The summed E-state index contributed by atoms with van der Waals surface area (Å²) in [6.07, 6.45) is 1.18. The summed E-state index contributed by atoms with van der Waals surface area (Å²) < 4.78 is 4.70. The first-order chi connectivity index (χ1) is 7.16. The van der Waals surface area contributed by atoms with Crippen molar-refractivity contribution in [3.63, 3.8) is 0 Å². The Kier molecular flexibility index (Phi) is 3.80. The fourth-order valence-electron chi connectivity index (χ4n) is 1.16. The van der Waals surface area contributed by atoms with Gasteiger partial charge >= 0.3 is 0 Å². The molecule has 0 aliphatic heterocycles. The second-order valence-corrected chi connectivity index (χ2v) is 3.02. The van der Waals surface area contributed by atoms with Crippen LogP contribution in [0.25, 0.3) is 0 Å². The van der Waals surface area contributed by atoms with Gasteiger partial charge < -0.3 is 4.74 Å². The van der Waals surface area contributed by atoms with Crippen molar-refractivity contribution in [1.29, 1.82) is 0 Å². The van der Waals surface area contributed by atoms with Crippen molar-refractivity contribution in [2.45, 2.75) is 6.92 Å². The van der Waals surface area contributed by atoms with Gasteiger partial charge in [0, 0.05) is 5.56 Å². The molecular weight excluding hydrogens is 192 g/mol. The summed E-state index contributed by atoms with van der Waals surface area (Å²) in [5.74, 6) is -0.615. The molecule has 1 rings (SSSR count). The van der Waals surface area contributed by atoms with Gasteiger partial charge in [-0.15, -0.1) is 0 Å². The molecule has 0 bridgehead atoms. The summed E-state index contributed by atoms with van der Waals surface area (Å²) in [7, 11) is 1.40. The zero-order chi connectivity index (χ0) is 11.3. The summed E-state index contributed by atoms with van der Waals surface area (Å²) in [4.78, 5) is 23.0. The van der Waals surface area contributed by atoms with Gasteiger partial charge in [0.2, 0.25) is 0 Å². The van der Waals surface area contributed by atoms with Crippen LogP contribution in [0.1, 0.15) is 17.3 Å². The minimum Gasteiger partial charge on any atom is -0.503 e. The van der Waals surface area contributed by atoms with Crippen molar-refractivity contribution in [3.8, 4) is 0 Å². The van der Waals surface area contributed by atoms with E-state index in [2.05, 4.69) is 0 Å². The first-order valence-electron chi connectivity index (χ1n) is 4.50. The van der Waals surface area contributed by atoms with Gasteiger partial charge in [-0.05, 0) is 6.92 Å². The van der Waals surface area contributed by atoms with Crippen molar-refractivity contribution in [3.05, 3.63) is 47.7 Å². The predicted octanol–water partition coefficient (Wildman–Crippen LogP) is 1.99. The van der Waals surface area contributed by atoms with Gasteiger partial charge in [-0.2, -0.15) is 0 Å². The Bertz CT molecular complexity index is 391. The second kappa shape index (κ2) is 5.10. The lowest BCUT2D eigenvalue weighted by atomic mass is 10.0. The van der Waals surface area contributed by atoms with E-state index in [0.29, 0.717) is 5.56 Å². The van der Waals surface area contributed by atoms with Gasteiger partial charge in [0.1, 0.15) is 0 Å². The number of ketones is 2. The molecule has 0 atom stereocenters. The Labute approximate surface area is 88.4 Å². The smallest absolute Gasteiger partial charge is 0.199 e. The highest BCUT2D eigenvalue weighted by Crippen LogP contribution is 2.09. The third kappa shape index (κ3) is 2.77. The Morgan fingerprint density at radius 1 is 1.20 bits per heavy atom. The topological polar surface area (TPSA) is 43.4 Å². The third-order valence-corrected chi connectivity index (χ3v) is 1.90. The van der Waals surface area contributed by atoms with Crippen molar-refractivity contribution in [2.24, 2.45) is 0 Å². The largest absolute Gasteiger partial charge is 0.503 e. The molecule has 78 valence electrons. The number of carbonyl (C=O) groups is 2. The van der Waals surface area contributed by atoms with E-state index in [-0.39, 0.29) is 17.1 Å². The van der Waals surface area contributed by atoms with Gasteiger partial charge in [-0.3, -0.25) is 9.59 Å². The molecule has 0 aromatic heterocycles. The van der Waals surface area contributed by atoms with E-state index in [1.54, 1.807) is 24.3 Å². The molecular formula is C12H12O3. The van der Waals surface area contributed by atoms with Gasteiger partial charge in [0.05, 0.1) is 18.9 Å². The van der Waals surface area contributed by atoms with E-state index in [9.17, 15) is 9.59 Å². The van der Waals surface area contributed by atoms with Crippen LogP contribution in [-0.2, 0) is 9.53 Å². The Morgan fingerprint density at radius 2 is 1.80 bits per heavy atom. The lowest BCUT2D eigenvalue weighted by molar-refractivity contribution is -0.113. The lowest BCUT2D eigenvalue weighted by Gasteiger charge is -2.02. The van der Waals surface area contributed by atoms with E-state index < -0.39 is 0 Å². The molecule has 0 fully saturated rings. The van der Waals surface area contributed by atoms with E-state index in [0.717, 1.165) is 0 Å². The zero-order valence-corrected chi connectivity index (χ0v) is 8.69. The number of carbonyl (C=O) groups excluding carboxylic acids is 2. The van der Waals surface area contributed by atoms with Crippen LogP contribution in [0.15, 0.2) is 42.2 Å². The minimum absolute atomic E-state index is 0.0590. The molecule has 0 amide bonds. The third-order valence-electron chi connectivity index (χ3n) is 1.90. The first-order valence-corrected chi connectivity index (χ1v) is 4.50. The Hall–Kier alpha value is -1.90. The number of ether oxygens (including phenoxy) is 1. The van der Waals surface area contributed by atoms with Crippen molar-refractivity contribution >= 4 is 11.6 Å². The maximum atomic E-state index is 11.8. The van der Waals surface area contributed by atoms with Gasteiger partial charge in [-0.25, -0.2) is 0 Å². The molecule has 0 aliphatic rings. The average molecular weight is 204 g/mol. The van der Waals surface area contributed by atoms with Crippen molar-refractivity contribution in [1.82, 2.24) is 0 Å². The Morgan fingerprint density at radius 3 is 2.27 bits per heavy atom. The zero-order valence-electron chi connectivity index (χ0n) is 8.69. The lowest BCUT2D eigenvalue weighted by Crippen LogP contribution is -2.10. The van der Waals surface area contributed by atoms with Crippen molar-refractivity contribution in [2.75, 3.05) is 7.11 Å². The summed E-state index contributed by atoms with van der Waals surface area (Å²) in [5.41, 5.74) is 0.541. The number of benzene rings is 1. The maximum absolute atomic E-state index is 11.8. The monoisotopic (exact) mass is 204 g/mol. The van der Waals surface area contributed by atoms with Crippen LogP contribution in [0.2, 0.25) is 0 Å². The van der Waals surface area contributed by atoms with Crippen LogP contribution in [0.3, 0.4) is 0 Å². The normalized spacial score (nSPS) is 10.9. The van der Waals surface area contributed by atoms with E-state index >= 15 is 0 Å². The van der Waals surface area contributed by atoms with Crippen LogP contribution in [0.4, 0.5) is 0 Å². The highest BCUT2D eigenvalue weighted by Gasteiger charge is 2.16. The summed E-state index contributed by atoms with van der Waals surface area (Å²) in [6.45, 7) is 1.34. The molecule has 1 aromatic rings. The molecule has 15 heavy (non-hydrogen) atoms. The number of hydrogen-bond donors (Lipinski definition) is 0. The molecule has 0 radical (unpaired) electrons. The molecule has 3 nitrogen and oxygen atoms in total. The molecule has 0 unspecified atom stereocenters. The number of hydrogen-bond acceptors (Lipinski definition) is 3. The van der Waals surface area contributed by atoms with Crippen LogP contribution in [0, 0.1) is 0 Å². The van der Waals surface area contributed by atoms with Crippen LogP contribution >= 0.6 is 0 Å². The summed E-state index contributed by atoms with van der Waals surface area (Å²) in [5, 5.41) is 0. The number of allylic oxidation sites excluding steroid dienone is 1. The predicted molar refractivity (Wildman–Crippen MR) is 56.5 cm³/mol. The van der Waals surface area contributed by atoms with Crippen molar-refractivity contribution < 1.29 is 14.3 Å². The van der Waals surface area contributed by atoms with Crippen LogP contribution in [0.5, 0.6) is 0 Å². The molecule has 0 heterocycles. The summed E-state index contributed by atoms with van der Waals surface area (Å²) >= 11 is 0. The summed E-state index contributed by atoms with van der Waals surface area (Å²) in [6, 6.07) is 8.63. The molecule has 0 aliphatic carbocycles. The molecule has 0 N–H and O–H groups in total. The highest BCUT2D eigenvalue weighted by atomic mass is 16.5. The van der Waals surface area contributed by atoms with E-state index in [4.69, 9.17) is 4.74 Å². The first kappa shape index (κ1) is 11.2. The SMILES string of the molecule is COC=C(C(C)=O)C(=O)c1ccccc1. The quantitative estimate of drug-likeness (QED) is 0.248. The molecule has 3 heteroatoms. The van der Waals surface area contributed by atoms with Gasteiger partial charge in [0.15, 0.2) is 11.6 Å². The standard InChI is InChI=1S/C12H12O3/c1-9(13)11(8-15-2)12(14)10-6-4-3-5-7-10/h3-8H,1-2H3.